The molecule has 2 heterocycles. The van der Waals surface area contributed by atoms with E-state index in [1.807, 2.05) is 0 Å². The standard InChI is InChI=1S/C18H24N4O4/c1-26-14-4-2-13(3-5-14)21-15(23)12-16(24)22-10-6-18(7-11-22)17(25)19-8-9-20-18/h2-5,20H,6-12H2,1H3,(H,19,25)(H,21,23). The lowest BCUT2D eigenvalue weighted by molar-refractivity contribution is -0.140. The van der Waals surface area contributed by atoms with E-state index in [2.05, 4.69) is 16.0 Å². The van der Waals surface area contributed by atoms with Gasteiger partial charge >= 0.3 is 0 Å². The van der Waals surface area contributed by atoms with E-state index in [1.54, 1.807) is 36.3 Å². The third kappa shape index (κ3) is 3.96. The lowest BCUT2D eigenvalue weighted by Gasteiger charge is -2.43. The van der Waals surface area contributed by atoms with E-state index in [-0.39, 0.29) is 24.1 Å². The molecular weight excluding hydrogens is 336 g/mol. The molecule has 2 aliphatic heterocycles. The van der Waals surface area contributed by atoms with Crippen molar-refractivity contribution >= 4 is 23.4 Å². The van der Waals surface area contributed by atoms with Crippen molar-refractivity contribution in [2.45, 2.75) is 24.8 Å². The zero-order valence-corrected chi connectivity index (χ0v) is 14.8. The number of methoxy groups -OCH3 is 1. The minimum Gasteiger partial charge on any atom is -0.497 e. The zero-order chi connectivity index (χ0) is 18.6. The Labute approximate surface area is 152 Å². The van der Waals surface area contributed by atoms with Crippen LogP contribution in [0, 0.1) is 0 Å². The summed E-state index contributed by atoms with van der Waals surface area (Å²) in [7, 11) is 1.57. The minimum absolute atomic E-state index is 0.00750. The highest BCUT2D eigenvalue weighted by molar-refractivity contribution is 6.03. The highest BCUT2D eigenvalue weighted by Crippen LogP contribution is 2.24. The number of nitrogens with zero attached hydrogens (tertiary/aromatic N) is 1. The van der Waals surface area contributed by atoms with Crippen molar-refractivity contribution in [3.8, 4) is 5.75 Å². The monoisotopic (exact) mass is 360 g/mol. The van der Waals surface area contributed by atoms with Gasteiger partial charge in [0.1, 0.15) is 17.7 Å². The molecule has 2 saturated heterocycles. The summed E-state index contributed by atoms with van der Waals surface area (Å²) in [5.41, 5.74) is 0.0460. The van der Waals surface area contributed by atoms with E-state index in [9.17, 15) is 14.4 Å². The molecule has 0 radical (unpaired) electrons. The molecule has 0 aromatic heterocycles. The lowest BCUT2D eigenvalue weighted by atomic mass is 9.85. The van der Waals surface area contributed by atoms with Crippen LogP contribution >= 0.6 is 0 Å². The Bertz CT molecular complexity index is 681. The van der Waals surface area contributed by atoms with Crippen molar-refractivity contribution in [3.63, 3.8) is 0 Å². The quantitative estimate of drug-likeness (QED) is 0.662. The molecule has 8 heteroatoms. The summed E-state index contributed by atoms with van der Waals surface area (Å²) in [6.45, 7) is 2.31. The fourth-order valence-electron chi connectivity index (χ4n) is 3.40. The van der Waals surface area contributed by atoms with Crippen LogP contribution in [0.1, 0.15) is 19.3 Å². The number of anilines is 1. The molecule has 0 bridgehead atoms. The molecule has 140 valence electrons. The normalized spacial score (nSPS) is 19.0. The van der Waals surface area contributed by atoms with Gasteiger partial charge in [0, 0.05) is 31.9 Å². The summed E-state index contributed by atoms with van der Waals surface area (Å²) < 4.78 is 5.07. The van der Waals surface area contributed by atoms with Crippen molar-refractivity contribution < 1.29 is 19.1 Å². The van der Waals surface area contributed by atoms with Gasteiger partial charge in [-0.15, -0.1) is 0 Å². The second-order valence-corrected chi connectivity index (χ2v) is 6.60. The van der Waals surface area contributed by atoms with Crippen LogP contribution in [0.4, 0.5) is 5.69 Å². The van der Waals surface area contributed by atoms with Crippen molar-refractivity contribution in [2.75, 3.05) is 38.6 Å². The van der Waals surface area contributed by atoms with Gasteiger partial charge in [-0.05, 0) is 37.1 Å². The van der Waals surface area contributed by atoms with Crippen LogP contribution in [-0.4, -0.2) is 61.4 Å². The van der Waals surface area contributed by atoms with Gasteiger partial charge in [-0.2, -0.15) is 0 Å². The van der Waals surface area contributed by atoms with E-state index in [4.69, 9.17) is 4.74 Å². The first-order chi connectivity index (χ1) is 12.5. The zero-order valence-electron chi connectivity index (χ0n) is 14.8. The van der Waals surface area contributed by atoms with Crippen LogP contribution in [0.2, 0.25) is 0 Å². The predicted octanol–water partition coefficient (Wildman–Crippen LogP) is 0.104. The number of amides is 3. The maximum Gasteiger partial charge on any atom is 0.240 e. The number of rotatable bonds is 4. The number of benzene rings is 1. The number of hydrogen-bond donors (Lipinski definition) is 3. The molecule has 0 unspecified atom stereocenters. The molecule has 0 saturated carbocycles. The Balaban J connectivity index is 1.49. The number of hydrogen-bond acceptors (Lipinski definition) is 5. The highest BCUT2D eigenvalue weighted by atomic mass is 16.5. The summed E-state index contributed by atoms with van der Waals surface area (Å²) in [4.78, 5) is 38.3. The molecular formula is C18H24N4O4. The molecule has 1 spiro atoms. The van der Waals surface area contributed by atoms with Crippen molar-refractivity contribution in [1.82, 2.24) is 15.5 Å². The van der Waals surface area contributed by atoms with Crippen LogP contribution in [0.25, 0.3) is 0 Å². The van der Waals surface area contributed by atoms with Gasteiger partial charge in [0.15, 0.2) is 0 Å². The average molecular weight is 360 g/mol. The van der Waals surface area contributed by atoms with Crippen LogP contribution in [0.3, 0.4) is 0 Å². The molecule has 8 nitrogen and oxygen atoms in total. The maximum atomic E-state index is 12.4. The molecule has 1 aromatic rings. The molecule has 0 atom stereocenters. The summed E-state index contributed by atoms with van der Waals surface area (Å²) in [6.07, 6.45) is 0.911. The predicted molar refractivity (Wildman–Crippen MR) is 95.8 cm³/mol. The Kier molecular flexibility index (Phi) is 5.41. The lowest BCUT2D eigenvalue weighted by Crippen LogP contribution is -2.66. The fraction of sp³-hybridized carbons (Fsp3) is 0.500. The van der Waals surface area contributed by atoms with Crippen LogP contribution in [-0.2, 0) is 14.4 Å². The first kappa shape index (κ1) is 18.2. The van der Waals surface area contributed by atoms with E-state index < -0.39 is 5.54 Å². The smallest absolute Gasteiger partial charge is 0.240 e. The molecule has 26 heavy (non-hydrogen) atoms. The number of nitrogens with one attached hydrogen (secondary N) is 3. The number of carbonyl (C=O) groups is 3. The first-order valence-corrected chi connectivity index (χ1v) is 8.77. The second kappa shape index (κ2) is 7.74. The summed E-state index contributed by atoms with van der Waals surface area (Å²) >= 11 is 0. The van der Waals surface area contributed by atoms with Gasteiger partial charge < -0.3 is 25.6 Å². The van der Waals surface area contributed by atoms with E-state index in [1.165, 1.54) is 0 Å². The number of likely N-dealkylation sites (tertiary alicyclic amines) is 1. The maximum absolute atomic E-state index is 12.4. The third-order valence-electron chi connectivity index (χ3n) is 4.96. The molecule has 3 N–H and O–H groups in total. The van der Waals surface area contributed by atoms with Crippen molar-refractivity contribution in [2.24, 2.45) is 0 Å². The van der Waals surface area contributed by atoms with E-state index >= 15 is 0 Å². The fourth-order valence-corrected chi connectivity index (χ4v) is 3.40. The van der Waals surface area contributed by atoms with Crippen LogP contribution in [0.15, 0.2) is 24.3 Å². The van der Waals surface area contributed by atoms with Gasteiger partial charge in [-0.25, -0.2) is 0 Å². The number of piperidine rings is 1. The van der Waals surface area contributed by atoms with Gasteiger partial charge in [-0.1, -0.05) is 0 Å². The SMILES string of the molecule is COc1ccc(NC(=O)CC(=O)N2CCC3(CC2)NCCNC3=O)cc1. The van der Waals surface area contributed by atoms with Crippen LogP contribution < -0.4 is 20.7 Å². The van der Waals surface area contributed by atoms with Crippen molar-refractivity contribution in [1.29, 1.82) is 0 Å². The molecule has 1 aromatic carbocycles. The molecule has 0 aliphatic carbocycles. The molecule has 3 rings (SSSR count). The first-order valence-electron chi connectivity index (χ1n) is 8.77. The highest BCUT2D eigenvalue weighted by Gasteiger charge is 2.43. The Hall–Kier alpha value is -2.61. The Morgan fingerprint density at radius 3 is 2.50 bits per heavy atom. The minimum atomic E-state index is -0.569. The van der Waals surface area contributed by atoms with Gasteiger partial charge in [-0.3, -0.25) is 14.4 Å². The average Bonchev–Trinajstić information content (AvgIpc) is 2.65. The number of carbonyl (C=O) groups excluding carboxylic acids is 3. The van der Waals surface area contributed by atoms with Gasteiger partial charge in [0.05, 0.1) is 7.11 Å². The third-order valence-corrected chi connectivity index (χ3v) is 4.96. The Morgan fingerprint density at radius 2 is 1.88 bits per heavy atom. The van der Waals surface area contributed by atoms with Gasteiger partial charge in [0.2, 0.25) is 17.7 Å². The largest absolute Gasteiger partial charge is 0.497 e. The molecule has 2 aliphatic rings. The molecule has 2 fully saturated rings. The van der Waals surface area contributed by atoms with Gasteiger partial charge in [0.25, 0.3) is 0 Å². The molecule has 3 amide bonds. The Morgan fingerprint density at radius 1 is 1.19 bits per heavy atom. The van der Waals surface area contributed by atoms with Crippen LogP contribution in [0.5, 0.6) is 5.75 Å². The summed E-state index contributed by atoms with van der Waals surface area (Å²) in [5, 5.41) is 8.87. The van der Waals surface area contributed by atoms with E-state index in [0.717, 1.165) is 6.54 Å². The number of ether oxygens (including phenoxy) is 1. The number of piperazine rings is 1. The summed E-state index contributed by atoms with van der Waals surface area (Å²) in [6, 6.07) is 6.92. The van der Waals surface area contributed by atoms with E-state index in [0.29, 0.717) is 43.9 Å². The van der Waals surface area contributed by atoms with Crippen molar-refractivity contribution in [3.05, 3.63) is 24.3 Å². The topological polar surface area (TPSA) is 99.8 Å². The second-order valence-electron chi connectivity index (χ2n) is 6.60. The summed E-state index contributed by atoms with van der Waals surface area (Å²) in [5.74, 6) is 0.130.